The average Bonchev–Trinajstić information content (AvgIpc) is 2.99. The van der Waals surface area contributed by atoms with Crippen LogP contribution in [0.25, 0.3) is 0 Å². The van der Waals surface area contributed by atoms with Crippen LogP contribution in [-0.2, 0) is 9.53 Å². The van der Waals surface area contributed by atoms with Crippen LogP contribution in [0.4, 0.5) is 0 Å². The Labute approximate surface area is 160 Å². The second-order valence-corrected chi connectivity index (χ2v) is 8.09. The maximum Gasteiger partial charge on any atom is 0.256 e. The molecule has 1 aliphatic carbocycles. The fourth-order valence-corrected chi connectivity index (χ4v) is 3.95. The number of nitrogens with one attached hydrogen (secondary N) is 1. The molecule has 1 saturated carbocycles. The van der Waals surface area contributed by atoms with Crippen LogP contribution < -0.4 is 5.32 Å². The van der Waals surface area contributed by atoms with Crippen molar-refractivity contribution in [3.05, 3.63) is 34.9 Å². The molecule has 2 aliphatic rings. The predicted molar refractivity (Wildman–Crippen MR) is 101 cm³/mol. The molecule has 1 aromatic rings. The zero-order chi connectivity index (χ0) is 18.7. The molecule has 142 valence electrons. The van der Waals surface area contributed by atoms with Gasteiger partial charge in [-0.2, -0.15) is 0 Å². The number of hydrogen-bond donors (Lipinski definition) is 1. The number of rotatable bonds is 4. The Bertz CT molecular complexity index is 654. The molecule has 26 heavy (non-hydrogen) atoms. The number of amides is 2. The van der Waals surface area contributed by atoms with Gasteiger partial charge in [0.2, 0.25) is 5.91 Å². The van der Waals surface area contributed by atoms with E-state index in [1.807, 2.05) is 13.8 Å². The first-order valence-corrected chi connectivity index (χ1v) is 9.82. The van der Waals surface area contributed by atoms with Crippen molar-refractivity contribution in [3.8, 4) is 0 Å². The molecular formula is C20H27ClN2O3. The largest absolute Gasteiger partial charge is 0.354 e. The van der Waals surface area contributed by atoms with Crippen LogP contribution in [0.3, 0.4) is 0 Å². The van der Waals surface area contributed by atoms with Gasteiger partial charge >= 0.3 is 0 Å². The number of hydrogen-bond acceptors (Lipinski definition) is 3. The van der Waals surface area contributed by atoms with Crippen molar-refractivity contribution in [1.82, 2.24) is 10.2 Å². The van der Waals surface area contributed by atoms with Gasteiger partial charge in [-0.25, -0.2) is 0 Å². The fourth-order valence-electron chi connectivity index (χ4n) is 3.83. The number of nitrogens with zero attached hydrogens (tertiary/aromatic N) is 1. The summed E-state index contributed by atoms with van der Waals surface area (Å²) in [6, 6.07) is 6.24. The van der Waals surface area contributed by atoms with E-state index in [0.717, 1.165) is 32.1 Å². The lowest BCUT2D eigenvalue weighted by Gasteiger charge is -2.41. The standard InChI is InChI=1S/C20H27ClN2O3/c1-14(2)12-22-18(24)17-13-26-20(10-4-3-5-11-20)23(17)19(25)15-6-8-16(21)9-7-15/h6-9,14,17H,3-5,10-13H2,1-2H3,(H,22,24)/t17-/m1/s1. The summed E-state index contributed by atoms with van der Waals surface area (Å²) in [5.41, 5.74) is -0.124. The molecular weight excluding hydrogens is 352 g/mol. The molecule has 2 fully saturated rings. The molecule has 1 N–H and O–H groups in total. The molecule has 2 amide bonds. The van der Waals surface area contributed by atoms with E-state index >= 15 is 0 Å². The minimum absolute atomic E-state index is 0.136. The van der Waals surface area contributed by atoms with Gasteiger partial charge in [0.25, 0.3) is 5.91 Å². The summed E-state index contributed by atoms with van der Waals surface area (Å²) < 4.78 is 6.12. The average molecular weight is 379 g/mol. The lowest BCUT2D eigenvalue weighted by Crippen LogP contribution is -2.56. The monoisotopic (exact) mass is 378 g/mol. The van der Waals surface area contributed by atoms with Gasteiger partial charge in [-0.3, -0.25) is 14.5 Å². The van der Waals surface area contributed by atoms with E-state index in [1.165, 1.54) is 0 Å². The van der Waals surface area contributed by atoms with Crippen molar-refractivity contribution in [2.24, 2.45) is 5.92 Å². The normalized spacial score (nSPS) is 22.0. The molecule has 1 aliphatic heterocycles. The topological polar surface area (TPSA) is 58.6 Å². The van der Waals surface area contributed by atoms with Crippen molar-refractivity contribution < 1.29 is 14.3 Å². The lowest BCUT2D eigenvalue weighted by molar-refractivity contribution is -0.127. The Hall–Kier alpha value is -1.59. The van der Waals surface area contributed by atoms with Crippen molar-refractivity contribution in [2.75, 3.05) is 13.2 Å². The summed E-state index contributed by atoms with van der Waals surface area (Å²) in [5.74, 6) is 0.0551. The van der Waals surface area contributed by atoms with Crippen LogP contribution in [0.1, 0.15) is 56.3 Å². The van der Waals surface area contributed by atoms with Gasteiger partial charge in [-0.15, -0.1) is 0 Å². The molecule has 3 rings (SSSR count). The second-order valence-electron chi connectivity index (χ2n) is 7.65. The minimum Gasteiger partial charge on any atom is -0.354 e. The molecule has 1 aromatic carbocycles. The zero-order valence-corrected chi connectivity index (χ0v) is 16.2. The summed E-state index contributed by atoms with van der Waals surface area (Å²) >= 11 is 5.95. The molecule has 1 atom stereocenters. The molecule has 0 unspecified atom stereocenters. The van der Waals surface area contributed by atoms with Gasteiger partial charge in [-0.1, -0.05) is 31.9 Å². The molecule has 1 spiro atoms. The molecule has 6 heteroatoms. The van der Waals surface area contributed by atoms with Gasteiger partial charge in [0.1, 0.15) is 11.8 Å². The quantitative estimate of drug-likeness (QED) is 0.870. The summed E-state index contributed by atoms with van der Waals surface area (Å²) in [4.78, 5) is 27.8. The van der Waals surface area contributed by atoms with E-state index in [4.69, 9.17) is 16.3 Å². The first kappa shape index (κ1) is 19.2. The van der Waals surface area contributed by atoms with Crippen LogP contribution in [0.2, 0.25) is 5.02 Å². The van der Waals surface area contributed by atoms with Crippen LogP contribution >= 0.6 is 11.6 Å². The van der Waals surface area contributed by atoms with Gasteiger partial charge in [0.15, 0.2) is 0 Å². The first-order chi connectivity index (χ1) is 12.4. The lowest BCUT2D eigenvalue weighted by atomic mass is 9.89. The highest BCUT2D eigenvalue weighted by molar-refractivity contribution is 6.30. The Kier molecular flexibility index (Phi) is 5.88. The Balaban J connectivity index is 1.88. The first-order valence-electron chi connectivity index (χ1n) is 9.44. The number of ether oxygens (including phenoxy) is 1. The third-order valence-corrected chi connectivity index (χ3v) is 5.44. The summed E-state index contributed by atoms with van der Waals surface area (Å²) in [6.45, 7) is 4.93. The third kappa shape index (κ3) is 3.89. The number of carbonyl (C=O) groups is 2. The molecule has 1 saturated heterocycles. The van der Waals surface area contributed by atoms with Gasteiger partial charge in [-0.05, 0) is 55.9 Å². The van der Waals surface area contributed by atoms with Gasteiger partial charge in [0, 0.05) is 17.1 Å². The SMILES string of the molecule is CC(C)CNC(=O)[C@H]1COC2(CCCCC2)N1C(=O)c1ccc(Cl)cc1. The Morgan fingerprint density at radius 1 is 1.23 bits per heavy atom. The highest BCUT2D eigenvalue weighted by Crippen LogP contribution is 2.41. The molecule has 0 radical (unpaired) electrons. The van der Waals surface area contributed by atoms with Crippen LogP contribution in [0.15, 0.2) is 24.3 Å². The van der Waals surface area contributed by atoms with Crippen molar-refractivity contribution >= 4 is 23.4 Å². The van der Waals surface area contributed by atoms with E-state index in [-0.39, 0.29) is 18.4 Å². The number of halogens is 1. The van der Waals surface area contributed by atoms with Gasteiger partial charge in [0.05, 0.1) is 6.61 Å². The molecule has 1 heterocycles. The van der Waals surface area contributed by atoms with Gasteiger partial charge < -0.3 is 10.1 Å². The maximum atomic E-state index is 13.3. The van der Waals surface area contributed by atoms with E-state index in [2.05, 4.69) is 5.32 Å². The van der Waals surface area contributed by atoms with E-state index in [9.17, 15) is 9.59 Å². The van der Waals surface area contributed by atoms with Crippen LogP contribution in [0, 0.1) is 5.92 Å². The molecule has 5 nitrogen and oxygen atoms in total. The number of carbonyl (C=O) groups excluding carboxylic acids is 2. The summed E-state index contributed by atoms with van der Waals surface area (Å²) in [5, 5.41) is 3.54. The van der Waals surface area contributed by atoms with E-state index in [0.29, 0.717) is 23.0 Å². The highest BCUT2D eigenvalue weighted by atomic mass is 35.5. The van der Waals surface area contributed by atoms with E-state index in [1.54, 1.807) is 29.2 Å². The minimum atomic E-state index is -0.658. The van der Waals surface area contributed by atoms with Crippen molar-refractivity contribution in [3.63, 3.8) is 0 Å². The zero-order valence-electron chi connectivity index (χ0n) is 15.5. The van der Waals surface area contributed by atoms with Crippen molar-refractivity contribution in [2.45, 2.75) is 57.7 Å². The Morgan fingerprint density at radius 3 is 2.50 bits per heavy atom. The van der Waals surface area contributed by atoms with Crippen LogP contribution in [-0.4, -0.2) is 41.6 Å². The maximum absolute atomic E-state index is 13.3. The van der Waals surface area contributed by atoms with Crippen LogP contribution in [0.5, 0.6) is 0 Å². The highest BCUT2D eigenvalue weighted by Gasteiger charge is 2.52. The Morgan fingerprint density at radius 2 is 1.88 bits per heavy atom. The molecule has 0 aromatic heterocycles. The van der Waals surface area contributed by atoms with E-state index < -0.39 is 11.8 Å². The summed E-state index contributed by atoms with van der Waals surface area (Å²) in [6.07, 6.45) is 4.70. The smallest absolute Gasteiger partial charge is 0.256 e. The predicted octanol–water partition coefficient (Wildman–Crippen LogP) is 3.61. The summed E-state index contributed by atoms with van der Waals surface area (Å²) in [7, 11) is 0. The molecule has 0 bridgehead atoms. The number of benzene rings is 1. The van der Waals surface area contributed by atoms with Crippen molar-refractivity contribution in [1.29, 1.82) is 0 Å². The third-order valence-electron chi connectivity index (χ3n) is 5.19. The fraction of sp³-hybridized carbons (Fsp3) is 0.600. The second kappa shape index (κ2) is 7.97.